The van der Waals surface area contributed by atoms with Crippen molar-refractivity contribution in [2.45, 2.75) is 52.5 Å². The van der Waals surface area contributed by atoms with Crippen molar-refractivity contribution in [3.8, 4) is 0 Å². The first-order valence-electron chi connectivity index (χ1n) is 7.09. The van der Waals surface area contributed by atoms with E-state index in [0.717, 1.165) is 12.1 Å². The molecule has 0 amide bonds. The Bertz CT molecular complexity index is 419. The van der Waals surface area contributed by atoms with Crippen LogP contribution in [0.2, 0.25) is 5.02 Å². The normalized spacial score (nSPS) is 24.3. The molecule has 3 heteroatoms. The number of benzene rings is 1. The van der Waals surface area contributed by atoms with Crippen LogP contribution < -0.4 is 5.32 Å². The van der Waals surface area contributed by atoms with E-state index in [1.165, 1.54) is 31.4 Å². The molecule has 1 nitrogen and oxygen atoms in total. The van der Waals surface area contributed by atoms with Crippen molar-refractivity contribution in [3.05, 3.63) is 29.0 Å². The van der Waals surface area contributed by atoms with E-state index in [9.17, 15) is 4.39 Å². The summed E-state index contributed by atoms with van der Waals surface area (Å²) < 4.78 is 13.4. The van der Waals surface area contributed by atoms with Crippen molar-refractivity contribution in [1.82, 2.24) is 0 Å². The molecule has 0 aliphatic heterocycles. The molecule has 1 aliphatic rings. The monoisotopic (exact) mass is 283 g/mol. The molecule has 1 N–H and O–H groups in total. The quantitative estimate of drug-likeness (QED) is 0.756. The average Bonchev–Trinajstić information content (AvgIpc) is 2.26. The fourth-order valence-electron chi connectivity index (χ4n) is 3.19. The first-order valence-corrected chi connectivity index (χ1v) is 7.47. The van der Waals surface area contributed by atoms with Gasteiger partial charge in [0.15, 0.2) is 0 Å². The summed E-state index contributed by atoms with van der Waals surface area (Å²) in [6.07, 6.45) is 4.93. The fraction of sp³-hybridized carbons (Fsp3) is 0.625. The number of rotatable bonds is 2. The van der Waals surface area contributed by atoms with Crippen LogP contribution in [0.1, 0.15) is 46.5 Å². The molecule has 0 radical (unpaired) electrons. The zero-order valence-electron chi connectivity index (χ0n) is 12.0. The van der Waals surface area contributed by atoms with Crippen LogP contribution >= 0.6 is 11.6 Å². The number of hydrogen-bond donors (Lipinski definition) is 1. The Kier molecular flexibility index (Phi) is 4.39. The molecule has 0 bridgehead atoms. The number of halogens is 2. The Morgan fingerprint density at radius 2 is 1.84 bits per heavy atom. The summed E-state index contributed by atoms with van der Waals surface area (Å²) >= 11 is 5.91. The van der Waals surface area contributed by atoms with Crippen LogP contribution in [0.15, 0.2) is 18.2 Å². The van der Waals surface area contributed by atoms with Gasteiger partial charge in [0.05, 0.1) is 0 Å². The summed E-state index contributed by atoms with van der Waals surface area (Å²) in [6, 6.07) is 5.08. The topological polar surface area (TPSA) is 12.0 Å². The van der Waals surface area contributed by atoms with Gasteiger partial charge in [0, 0.05) is 16.8 Å². The molecule has 2 rings (SSSR count). The smallest absolute Gasteiger partial charge is 0.126 e. The second-order valence-electron chi connectivity index (χ2n) is 6.67. The van der Waals surface area contributed by atoms with Gasteiger partial charge in [-0.15, -0.1) is 0 Å². The van der Waals surface area contributed by atoms with E-state index < -0.39 is 0 Å². The van der Waals surface area contributed by atoms with Gasteiger partial charge in [0.1, 0.15) is 5.82 Å². The van der Waals surface area contributed by atoms with E-state index >= 15 is 0 Å². The lowest BCUT2D eigenvalue weighted by molar-refractivity contribution is 0.163. The number of anilines is 1. The van der Waals surface area contributed by atoms with Crippen LogP contribution in [0, 0.1) is 17.2 Å². The molecule has 0 heterocycles. The predicted molar refractivity (Wildman–Crippen MR) is 80.2 cm³/mol. The minimum Gasteiger partial charge on any atom is -0.382 e. The van der Waals surface area contributed by atoms with Crippen LogP contribution in [0.25, 0.3) is 0 Å². The average molecular weight is 284 g/mol. The summed E-state index contributed by atoms with van der Waals surface area (Å²) in [5, 5.41) is 3.94. The van der Waals surface area contributed by atoms with Crippen LogP contribution in [0.4, 0.5) is 10.1 Å². The maximum atomic E-state index is 13.4. The fourth-order valence-corrected chi connectivity index (χ4v) is 3.41. The molecule has 106 valence electrons. The molecule has 1 aromatic carbocycles. The minimum atomic E-state index is -0.280. The summed E-state index contributed by atoms with van der Waals surface area (Å²) in [6.45, 7) is 6.86. The van der Waals surface area contributed by atoms with E-state index in [1.807, 2.05) is 0 Å². The molecule has 2 unspecified atom stereocenters. The lowest BCUT2D eigenvalue weighted by atomic mass is 9.69. The largest absolute Gasteiger partial charge is 0.382 e. The molecule has 1 aromatic rings. The highest BCUT2D eigenvalue weighted by atomic mass is 35.5. The van der Waals surface area contributed by atoms with Gasteiger partial charge >= 0.3 is 0 Å². The van der Waals surface area contributed by atoms with Crippen molar-refractivity contribution >= 4 is 17.3 Å². The molecule has 1 aliphatic carbocycles. The van der Waals surface area contributed by atoms with Crippen LogP contribution in [-0.2, 0) is 0 Å². The lowest BCUT2D eigenvalue weighted by Crippen LogP contribution is -2.39. The van der Waals surface area contributed by atoms with E-state index in [0.29, 0.717) is 17.0 Å². The Labute approximate surface area is 120 Å². The molecule has 19 heavy (non-hydrogen) atoms. The van der Waals surface area contributed by atoms with Gasteiger partial charge in [-0.2, -0.15) is 0 Å². The van der Waals surface area contributed by atoms with E-state index in [2.05, 4.69) is 26.1 Å². The predicted octanol–water partition coefficient (Wildman–Crippen LogP) is 5.50. The second kappa shape index (κ2) is 5.70. The first kappa shape index (κ1) is 14.6. The Hall–Kier alpha value is -0.760. The zero-order chi connectivity index (χ0) is 14.0. The van der Waals surface area contributed by atoms with Crippen LogP contribution in [0.5, 0.6) is 0 Å². The third kappa shape index (κ3) is 3.85. The van der Waals surface area contributed by atoms with Crippen molar-refractivity contribution < 1.29 is 4.39 Å². The van der Waals surface area contributed by atoms with Gasteiger partial charge in [-0.1, -0.05) is 45.2 Å². The van der Waals surface area contributed by atoms with E-state index in [1.54, 1.807) is 6.07 Å². The summed E-state index contributed by atoms with van der Waals surface area (Å²) in [4.78, 5) is 0. The summed E-state index contributed by atoms with van der Waals surface area (Å²) in [5.74, 6) is 0.335. The molecule has 0 aromatic heterocycles. The highest BCUT2D eigenvalue weighted by molar-refractivity contribution is 6.30. The molecule has 1 fully saturated rings. The third-order valence-corrected chi connectivity index (χ3v) is 4.31. The Morgan fingerprint density at radius 1 is 1.16 bits per heavy atom. The lowest BCUT2D eigenvalue weighted by Gasteiger charge is -2.41. The van der Waals surface area contributed by atoms with Gasteiger partial charge in [0.25, 0.3) is 0 Å². The zero-order valence-corrected chi connectivity index (χ0v) is 12.7. The molecular weight excluding hydrogens is 261 g/mol. The minimum absolute atomic E-state index is 0.273. The molecular formula is C16H23ClFN. The van der Waals surface area contributed by atoms with Gasteiger partial charge < -0.3 is 5.32 Å². The third-order valence-electron chi connectivity index (χ3n) is 4.09. The Balaban J connectivity index is 2.15. The van der Waals surface area contributed by atoms with Crippen molar-refractivity contribution in [1.29, 1.82) is 0 Å². The number of nitrogens with one attached hydrogen (secondary N) is 1. The molecule has 0 spiro atoms. The summed E-state index contributed by atoms with van der Waals surface area (Å²) in [5.41, 5.74) is 1.07. The Morgan fingerprint density at radius 3 is 2.47 bits per heavy atom. The van der Waals surface area contributed by atoms with Crippen molar-refractivity contribution in [2.24, 2.45) is 11.3 Å². The highest BCUT2D eigenvalue weighted by Crippen LogP contribution is 2.39. The van der Waals surface area contributed by atoms with Gasteiger partial charge in [-0.05, 0) is 42.4 Å². The SMILES string of the molecule is CC(C)(C)C1CCCCC1Nc1cc(F)cc(Cl)c1. The maximum Gasteiger partial charge on any atom is 0.126 e. The second-order valence-corrected chi connectivity index (χ2v) is 7.10. The van der Waals surface area contributed by atoms with Crippen molar-refractivity contribution in [3.63, 3.8) is 0 Å². The molecule has 1 saturated carbocycles. The van der Waals surface area contributed by atoms with E-state index in [-0.39, 0.29) is 11.2 Å². The standard InChI is InChI=1S/C16H23ClFN/c1-16(2,3)14-6-4-5-7-15(14)19-13-9-11(17)8-12(18)10-13/h8-10,14-15,19H,4-7H2,1-3H3. The maximum absolute atomic E-state index is 13.4. The van der Waals surface area contributed by atoms with E-state index in [4.69, 9.17) is 11.6 Å². The van der Waals surface area contributed by atoms with Crippen LogP contribution in [0.3, 0.4) is 0 Å². The highest BCUT2D eigenvalue weighted by Gasteiger charge is 2.34. The van der Waals surface area contributed by atoms with Gasteiger partial charge in [0.2, 0.25) is 0 Å². The van der Waals surface area contributed by atoms with Crippen molar-refractivity contribution in [2.75, 3.05) is 5.32 Å². The number of hydrogen-bond acceptors (Lipinski definition) is 1. The molecule has 2 atom stereocenters. The van der Waals surface area contributed by atoms with Crippen LogP contribution in [-0.4, -0.2) is 6.04 Å². The first-order chi connectivity index (χ1) is 8.86. The summed E-state index contributed by atoms with van der Waals surface area (Å²) in [7, 11) is 0. The van der Waals surface area contributed by atoms with Gasteiger partial charge in [-0.25, -0.2) is 4.39 Å². The van der Waals surface area contributed by atoms with Gasteiger partial charge in [-0.3, -0.25) is 0 Å². The molecule has 0 saturated heterocycles.